The fraction of sp³-hybridized carbons (Fsp3) is 0.350. The molecule has 1 aromatic carbocycles. The number of nitrogens with zero attached hydrogens (tertiary/aromatic N) is 3. The lowest BCUT2D eigenvalue weighted by molar-refractivity contribution is -0.141. The number of amides is 1. The topological polar surface area (TPSA) is 73.0 Å². The van der Waals surface area contributed by atoms with Crippen LogP contribution in [-0.2, 0) is 12.7 Å². The highest BCUT2D eigenvalue weighted by molar-refractivity contribution is 6.36. The molecule has 1 N–H and O–H groups in total. The molecule has 0 atom stereocenters. The zero-order valence-electron chi connectivity index (χ0n) is 16.0. The lowest BCUT2D eigenvalue weighted by atomic mass is 10.1. The summed E-state index contributed by atoms with van der Waals surface area (Å²) in [6.45, 7) is 0.515. The maximum absolute atomic E-state index is 13.0. The predicted molar refractivity (Wildman–Crippen MR) is 108 cm³/mol. The summed E-state index contributed by atoms with van der Waals surface area (Å²) in [6.07, 6.45) is -2.32. The number of carbonyl (C=O) groups excluding carboxylic acids is 1. The number of hydrogen-bond acceptors (Lipinski definition) is 4. The number of rotatable bonds is 7. The van der Waals surface area contributed by atoms with Gasteiger partial charge in [-0.2, -0.15) is 18.3 Å². The molecule has 1 aliphatic carbocycles. The van der Waals surface area contributed by atoms with Gasteiger partial charge in [-0.3, -0.25) is 9.48 Å². The summed E-state index contributed by atoms with van der Waals surface area (Å²) < 4.78 is 45.4. The molecular weight excluding hydrogens is 456 g/mol. The number of halogens is 5. The molecular formula is C20H17Cl2F3N4O2. The molecule has 3 aromatic rings. The fourth-order valence-electron chi connectivity index (χ4n) is 3.18. The molecule has 1 saturated carbocycles. The van der Waals surface area contributed by atoms with Crippen molar-refractivity contribution in [3.8, 4) is 11.3 Å². The van der Waals surface area contributed by atoms with Gasteiger partial charge in [-0.1, -0.05) is 28.4 Å². The van der Waals surface area contributed by atoms with Crippen molar-refractivity contribution in [1.82, 2.24) is 20.3 Å². The molecule has 6 nitrogen and oxygen atoms in total. The average molecular weight is 473 g/mol. The van der Waals surface area contributed by atoms with E-state index in [0.29, 0.717) is 33.5 Å². The molecule has 164 valence electrons. The van der Waals surface area contributed by atoms with Crippen molar-refractivity contribution >= 4 is 29.1 Å². The van der Waals surface area contributed by atoms with Gasteiger partial charge in [-0.25, -0.2) is 0 Å². The summed E-state index contributed by atoms with van der Waals surface area (Å²) >= 11 is 12.0. The Kier molecular flexibility index (Phi) is 5.98. The molecule has 1 aliphatic rings. The van der Waals surface area contributed by atoms with Crippen LogP contribution in [0.25, 0.3) is 11.3 Å². The number of aromatic nitrogens is 3. The van der Waals surface area contributed by atoms with Gasteiger partial charge < -0.3 is 9.84 Å². The highest BCUT2D eigenvalue weighted by Crippen LogP contribution is 2.42. The Labute approximate surface area is 185 Å². The van der Waals surface area contributed by atoms with E-state index in [1.54, 1.807) is 18.2 Å². The Balaban J connectivity index is 1.33. The van der Waals surface area contributed by atoms with E-state index in [9.17, 15) is 18.0 Å². The molecule has 1 amide bonds. The van der Waals surface area contributed by atoms with Crippen LogP contribution in [0.5, 0.6) is 0 Å². The normalized spacial score (nSPS) is 14.1. The number of hydrogen-bond donors (Lipinski definition) is 1. The second kappa shape index (κ2) is 8.55. The predicted octanol–water partition coefficient (Wildman–Crippen LogP) is 5.56. The van der Waals surface area contributed by atoms with Crippen molar-refractivity contribution in [3.63, 3.8) is 0 Å². The standard InChI is InChI=1S/C20H17Cl2F3N4O2/c21-12-4-5-13(14(22)8-12)17-9-15(28-31-17)19(30)26-6-1-7-29-16(11-2-3-11)10-18(27-29)20(23,24)25/h4-5,8-11H,1-3,6-7H2,(H,26,30). The Bertz CT molecular complexity index is 1110. The first-order valence-corrected chi connectivity index (χ1v) is 10.3. The average Bonchev–Trinajstić information content (AvgIpc) is 3.25. The SMILES string of the molecule is O=C(NCCCn1nc(C(F)(F)F)cc1C1CC1)c1cc(-c2ccc(Cl)cc2Cl)on1. The third-order valence-electron chi connectivity index (χ3n) is 4.87. The van der Waals surface area contributed by atoms with Gasteiger partial charge >= 0.3 is 6.18 Å². The van der Waals surface area contributed by atoms with Crippen molar-refractivity contribution < 1.29 is 22.5 Å². The van der Waals surface area contributed by atoms with E-state index in [2.05, 4.69) is 15.6 Å². The maximum atomic E-state index is 13.0. The molecule has 0 bridgehead atoms. The molecule has 2 heterocycles. The maximum Gasteiger partial charge on any atom is 0.435 e. The van der Waals surface area contributed by atoms with Gasteiger partial charge in [0, 0.05) is 41.4 Å². The molecule has 4 rings (SSSR count). The second-order valence-corrected chi connectivity index (χ2v) is 8.10. The first-order chi connectivity index (χ1) is 14.7. The summed E-state index contributed by atoms with van der Waals surface area (Å²) in [4.78, 5) is 12.3. The van der Waals surface area contributed by atoms with Crippen molar-refractivity contribution in [2.45, 2.75) is 37.9 Å². The van der Waals surface area contributed by atoms with Crippen LogP contribution in [0.15, 0.2) is 34.9 Å². The van der Waals surface area contributed by atoms with Crippen LogP contribution < -0.4 is 5.32 Å². The Morgan fingerprint density at radius 1 is 1.23 bits per heavy atom. The van der Waals surface area contributed by atoms with Gasteiger partial charge in [0.15, 0.2) is 17.1 Å². The second-order valence-electron chi connectivity index (χ2n) is 7.26. The minimum Gasteiger partial charge on any atom is -0.355 e. The van der Waals surface area contributed by atoms with Gasteiger partial charge in [0.25, 0.3) is 5.91 Å². The van der Waals surface area contributed by atoms with Gasteiger partial charge in [0.1, 0.15) is 0 Å². The molecule has 2 aromatic heterocycles. The Hall–Kier alpha value is -2.52. The molecule has 0 aliphatic heterocycles. The molecule has 1 fully saturated rings. The van der Waals surface area contributed by atoms with Crippen LogP contribution in [0.2, 0.25) is 10.0 Å². The first kappa shape index (κ1) is 21.7. The first-order valence-electron chi connectivity index (χ1n) is 9.57. The van der Waals surface area contributed by atoms with Crippen LogP contribution in [0.3, 0.4) is 0 Å². The van der Waals surface area contributed by atoms with Gasteiger partial charge in [0.2, 0.25) is 0 Å². The fourth-order valence-corrected chi connectivity index (χ4v) is 3.68. The third kappa shape index (κ3) is 5.04. The van der Waals surface area contributed by atoms with Crippen molar-refractivity contribution in [3.05, 3.63) is 57.5 Å². The summed E-state index contributed by atoms with van der Waals surface area (Å²) in [7, 11) is 0. The van der Waals surface area contributed by atoms with Gasteiger partial charge in [0.05, 0.1) is 5.02 Å². The summed E-state index contributed by atoms with van der Waals surface area (Å²) in [5.41, 5.74) is 0.330. The molecule has 31 heavy (non-hydrogen) atoms. The van der Waals surface area contributed by atoms with Crippen LogP contribution in [-0.4, -0.2) is 27.4 Å². The molecule has 0 unspecified atom stereocenters. The van der Waals surface area contributed by atoms with E-state index in [0.717, 1.165) is 18.9 Å². The molecule has 11 heteroatoms. The molecule has 0 radical (unpaired) electrons. The van der Waals surface area contributed by atoms with E-state index in [1.165, 1.54) is 10.7 Å². The van der Waals surface area contributed by atoms with Crippen LogP contribution in [0, 0.1) is 0 Å². The summed E-state index contributed by atoms with van der Waals surface area (Å²) in [5, 5.41) is 11.0. The Morgan fingerprint density at radius 3 is 2.68 bits per heavy atom. The summed E-state index contributed by atoms with van der Waals surface area (Å²) in [6, 6.07) is 7.42. The minimum absolute atomic E-state index is 0.0677. The highest BCUT2D eigenvalue weighted by atomic mass is 35.5. The van der Waals surface area contributed by atoms with Crippen LogP contribution >= 0.6 is 23.2 Å². The zero-order valence-corrected chi connectivity index (χ0v) is 17.6. The lowest BCUT2D eigenvalue weighted by Crippen LogP contribution is -2.25. The molecule has 0 spiro atoms. The lowest BCUT2D eigenvalue weighted by Gasteiger charge is -2.07. The van der Waals surface area contributed by atoms with E-state index < -0.39 is 17.8 Å². The minimum atomic E-state index is -4.47. The number of aryl methyl sites for hydroxylation is 1. The number of alkyl halides is 3. The van der Waals surface area contributed by atoms with Crippen molar-refractivity contribution in [2.24, 2.45) is 0 Å². The van der Waals surface area contributed by atoms with Crippen molar-refractivity contribution in [2.75, 3.05) is 6.54 Å². The van der Waals surface area contributed by atoms with Crippen LogP contribution in [0.1, 0.15) is 47.1 Å². The van der Waals surface area contributed by atoms with E-state index in [-0.39, 0.29) is 24.7 Å². The number of carbonyl (C=O) groups is 1. The third-order valence-corrected chi connectivity index (χ3v) is 5.42. The number of benzene rings is 1. The molecule has 0 saturated heterocycles. The van der Waals surface area contributed by atoms with Gasteiger partial charge in [-0.15, -0.1) is 0 Å². The van der Waals surface area contributed by atoms with Crippen LogP contribution in [0.4, 0.5) is 13.2 Å². The number of nitrogens with one attached hydrogen (secondary N) is 1. The smallest absolute Gasteiger partial charge is 0.355 e. The Morgan fingerprint density at radius 2 is 2.00 bits per heavy atom. The van der Waals surface area contributed by atoms with E-state index in [4.69, 9.17) is 27.7 Å². The van der Waals surface area contributed by atoms with Gasteiger partial charge in [-0.05, 0) is 43.5 Å². The monoisotopic (exact) mass is 472 g/mol. The highest BCUT2D eigenvalue weighted by Gasteiger charge is 2.37. The largest absolute Gasteiger partial charge is 0.435 e. The van der Waals surface area contributed by atoms with E-state index >= 15 is 0 Å². The zero-order chi connectivity index (χ0) is 22.2. The van der Waals surface area contributed by atoms with Crippen molar-refractivity contribution in [1.29, 1.82) is 0 Å². The van der Waals surface area contributed by atoms with E-state index in [1.807, 2.05) is 0 Å². The summed E-state index contributed by atoms with van der Waals surface area (Å²) in [5.74, 6) is -0.0116. The quantitative estimate of drug-likeness (QED) is 0.456.